The number of carbonyl (C=O) groups excluding carboxylic acids is 1. The van der Waals surface area contributed by atoms with E-state index in [4.69, 9.17) is 0 Å². The standard InChI is InChI=1S/C17H18N6O/c1-18-17-21-8-5-14(23-17)13-9-15(22-11-13)16(24)20-7-4-12-3-2-6-19-10-12/h2-3,5-6,8-11,22H,4,7H2,1H3,(H,20,24)(H,18,21,23). The van der Waals surface area contributed by atoms with Crippen molar-refractivity contribution in [2.45, 2.75) is 6.42 Å². The summed E-state index contributed by atoms with van der Waals surface area (Å²) in [4.78, 5) is 27.7. The van der Waals surface area contributed by atoms with Crippen molar-refractivity contribution in [1.29, 1.82) is 0 Å². The van der Waals surface area contributed by atoms with E-state index >= 15 is 0 Å². The Hall–Kier alpha value is -3.22. The van der Waals surface area contributed by atoms with E-state index in [9.17, 15) is 4.79 Å². The number of anilines is 1. The fourth-order valence-corrected chi connectivity index (χ4v) is 2.27. The zero-order valence-electron chi connectivity index (χ0n) is 13.3. The molecule has 0 spiro atoms. The van der Waals surface area contributed by atoms with E-state index in [1.165, 1.54) is 0 Å². The van der Waals surface area contributed by atoms with Crippen LogP contribution in [0.1, 0.15) is 16.1 Å². The Bertz CT molecular complexity index is 815. The third-order valence-electron chi connectivity index (χ3n) is 3.52. The van der Waals surface area contributed by atoms with Crippen LogP contribution in [0.15, 0.2) is 49.1 Å². The number of hydrogen-bond donors (Lipinski definition) is 3. The second-order valence-corrected chi connectivity index (χ2v) is 5.18. The highest BCUT2D eigenvalue weighted by molar-refractivity contribution is 5.93. The van der Waals surface area contributed by atoms with Gasteiger partial charge < -0.3 is 15.6 Å². The van der Waals surface area contributed by atoms with Crippen molar-refractivity contribution >= 4 is 11.9 Å². The number of carbonyl (C=O) groups is 1. The van der Waals surface area contributed by atoms with Crippen molar-refractivity contribution in [3.63, 3.8) is 0 Å². The number of rotatable bonds is 6. The minimum Gasteiger partial charge on any atom is -0.357 e. The average molecular weight is 322 g/mol. The third kappa shape index (κ3) is 3.75. The largest absolute Gasteiger partial charge is 0.357 e. The van der Waals surface area contributed by atoms with Crippen LogP contribution in [-0.2, 0) is 6.42 Å². The number of nitrogens with zero attached hydrogens (tertiary/aromatic N) is 3. The van der Waals surface area contributed by atoms with Crippen LogP contribution in [0.25, 0.3) is 11.3 Å². The van der Waals surface area contributed by atoms with Gasteiger partial charge in [0.05, 0.1) is 5.69 Å². The highest BCUT2D eigenvalue weighted by Gasteiger charge is 2.10. The lowest BCUT2D eigenvalue weighted by molar-refractivity contribution is 0.0950. The fourth-order valence-electron chi connectivity index (χ4n) is 2.27. The molecule has 0 aliphatic rings. The smallest absolute Gasteiger partial charge is 0.267 e. The van der Waals surface area contributed by atoms with Crippen LogP contribution >= 0.6 is 0 Å². The van der Waals surface area contributed by atoms with Crippen LogP contribution in [0.2, 0.25) is 0 Å². The summed E-state index contributed by atoms with van der Waals surface area (Å²) in [6.07, 6.45) is 7.71. The molecule has 0 bridgehead atoms. The maximum Gasteiger partial charge on any atom is 0.267 e. The molecule has 122 valence electrons. The zero-order chi connectivity index (χ0) is 16.8. The first kappa shape index (κ1) is 15.7. The van der Waals surface area contributed by atoms with Crippen LogP contribution in [0.4, 0.5) is 5.95 Å². The van der Waals surface area contributed by atoms with Gasteiger partial charge in [0.25, 0.3) is 5.91 Å². The van der Waals surface area contributed by atoms with Gasteiger partial charge in [-0.3, -0.25) is 9.78 Å². The topological polar surface area (TPSA) is 95.6 Å². The number of aromatic amines is 1. The van der Waals surface area contributed by atoms with E-state index in [0.29, 0.717) is 18.2 Å². The van der Waals surface area contributed by atoms with E-state index in [2.05, 4.69) is 30.6 Å². The molecule has 3 heterocycles. The molecule has 0 aromatic carbocycles. The highest BCUT2D eigenvalue weighted by atomic mass is 16.1. The molecule has 3 aromatic rings. The Balaban J connectivity index is 1.61. The van der Waals surface area contributed by atoms with E-state index in [-0.39, 0.29) is 5.91 Å². The van der Waals surface area contributed by atoms with E-state index in [1.54, 1.807) is 44.0 Å². The van der Waals surface area contributed by atoms with Crippen molar-refractivity contribution in [3.8, 4) is 11.3 Å². The lowest BCUT2D eigenvalue weighted by Crippen LogP contribution is -2.25. The molecule has 0 saturated heterocycles. The molecule has 1 amide bonds. The Morgan fingerprint density at radius 2 is 2.21 bits per heavy atom. The van der Waals surface area contributed by atoms with Crippen LogP contribution in [0.3, 0.4) is 0 Å². The van der Waals surface area contributed by atoms with E-state index < -0.39 is 0 Å². The SMILES string of the molecule is CNc1nccc(-c2c[nH]c(C(=O)NCCc3cccnc3)c2)n1. The van der Waals surface area contributed by atoms with Gasteiger partial charge in [-0.1, -0.05) is 6.07 Å². The summed E-state index contributed by atoms with van der Waals surface area (Å²) in [5.74, 6) is 0.393. The molecule has 7 nitrogen and oxygen atoms in total. The van der Waals surface area contributed by atoms with Gasteiger partial charge in [0.15, 0.2) is 0 Å². The van der Waals surface area contributed by atoms with Gasteiger partial charge in [-0.05, 0) is 30.2 Å². The minimum atomic E-state index is -0.145. The Morgan fingerprint density at radius 1 is 1.29 bits per heavy atom. The number of H-pyrrole nitrogens is 1. The molecule has 7 heteroatoms. The predicted octanol–water partition coefficient (Wildman–Crippen LogP) is 1.88. The van der Waals surface area contributed by atoms with Gasteiger partial charge >= 0.3 is 0 Å². The normalized spacial score (nSPS) is 10.4. The van der Waals surface area contributed by atoms with Gasteiger partial charge in [-0.25, -0.2) is 9.97 Å². The Kier molecular flexibility index (Phi) is 4.81. The zero-order valence-corrected chi connectivity index (χ0v) is 13.3. The first-order valence-electron chi connectivity index (χ1n) is 7.63. The number of pyridine rings is 1. The van der Waals surface area contributed by atoms with E-state index in [0.717, 1.165) is 23.2 Å². The molecule has 0 saturated carbocycles. The quantitative estimate of drug-likeness (QED) is 0.644. The number of hydrogen-bond acceptors (Lipinski definition) is 5. The Labute approximate surface area is 139 Å². The summed E-state index contributed by atoms with van der Waals surface area (Å²) in [7, 11) is 1.76. The molecule has 0 aliphatic carbocycles. The van der Waals surface area contributed by atoms with Crippen molar-refractivity contribution in [3.05, 3.63) is 60.3 Å². The highest BCUT2D eigenvalue weighted by Crippen LogP contribution is 2.18. The summed E-state index contributed by atoms with van der Waals surface area (Å²) in [6.45, 7) is 0.552. The van der Waals surface area contributed by atoms with Gasteiger partial charge in [-0.15, -0.1) is 0 Å². The molecule has 0 fully saturated rings. The van der Waals surface area contributed by atoms with Crippen molar-refractivity contribution < 1.29 is 4.79 Å². The average Bonchev–Trinajstić information content (AvgIpc) is 3.13. The molecule has 0 unspecified atom stereocenters. The van der Waals surface area contributed by atoms with E-state index in [1.807, 2.05) is 12.1 Å². The molecule has 24 heavy (non-hydrogen) atoms. The van der Waals surface area contributed by atoms with Crippen LogP contribution in [-0.4, -0.2) is 39.4 Å². The molecule has 3 aromatic heterocycles. The van der Waals surface area contributed by atoms with Gasteiger partial charge in [0.1, 0.15) is 5.69 Å². The maximum absolute atomic E-state index is 12.2. The monoisotopic (exact) mass is 322 g/mol. The van der Waals surface area contributed by atoms with Crippen LogP contribution in [0, 0.1) is 0 Å². The molecular formula is C17H18N6O. The summed E-state index contributed by atoms with van der Waals surface area (Å²) >= 11 is 0. The lowest BCUT2D eigenvalue weighted by Gasteiger charge is -2.03. The van der Waals surface area contributed by atoms with Crippen LogP contribution < -0.4 is 10.6 Å². The second-order valence-electron chi connectivity index (χ2n) is 5.18. The van der Waals surface area contributed by atoms with Crippen molar-refractivity contribution in [1.82, 2.24) is 25.3 Å². The first-order chi connectivity index (χ1) is 11.8. The summed E-state index contributed by atoms with van der Waals surface area (Å²) in [6, 6.07) is 7.45. The predicted molar refractivity (Wildman–Crippen MR) is 91.6 cm³/mol. The van der Waals surface area contributed by atoms with Gasteiger partial charge in [-0.2, -0.15) is 0 Å². The van der Waals surface area contributed by atoms with Crippen molar-refractivity contribution in [2.24, 2.45) is 0 Å². The summed E-state index contributed by atoms with van der Waals surface area (Å²) < 4.78 is 0. The Morgan fingerprint density at radius 3 is 3.00 bits per heavy atom. The minimum absolute atomic E-state index is 0.145. The number of aromatic nitrogens is 4. The first-order valence-corrected chi connectivity index (χ1v) is 7.63. The molecule has 3 N–H and O–H groups in total. The fraction of sp³-hybridized carbons (Fsp3) is 0.176. The number of nitrogens with one attached hydrogen (secondary N) is 3. The number of amides is 1. The maximum atomic E-state index is 12.2. The summed E-state index contributed by atoms with van der Waals surface area (Å²) in [5.41, 5.74) is 3.18. The van der Waals surface area contributed by atoms with Crippen LogP contribution in [0.5, 0.6) is 0 Å². The molecule has 3 rings (SSSR count). The van der Waals surface area contributed by atoms with Gasteiger partial charge in [0, 0.05) is 43.9 Å². The third-order valence-corrected chi connectivity index (χ3v) is 3.52. The van der Waals surface area contributed by atoms with Gasteiger partial charge in [0.2, 0.25) is 5.95 Å². The molecular weight excluding hydrogens is 304 g/mol. The lowest BCUT2D eigenvalue weighted by atomic mass is 10.2. The second kappa shape index (κ2) is 7.36. The van der Waals surface area contributed by atoms with Crippen molar-refractivity contribution in [2.75, 3.05) is 18.9 Å². The molecule has 0 radical (unpaired) electrons. The summed E-state index contributed by atoms with van der Waals surface area (Å²) in [5, 5.41) is 5.79. The molecule has 0 atom stereocenters. The molecule has 0 aliphatic heterocycles.